The molecule has 24 heavy (non-hydrogen) atoms. The van der Waals surface area contributed by atoms with Crippen molar-refractivity contribution in [1.82, 2.24) is 0 Å². The summed E-state index contributed by atoms with van der Waals surface area (Å²) < 4.78 is 6.55. The first-order valence-electron chi connectivity index (χ1n) is 7.59. The molecule has 5 nitrogen and oxygen atoms in total. The predicted molar refractivity (Wildman–Crippen MR) is 96.4 cm³/mol. The fraction of sp³-hybridized carbons (Fsp3) is 0.222. The lowest BCUT2D eigenvalue weighted by molar-refractivity contribution is -0.127. The molecule has 2 aromatic carbocycles. The molecule has 1 heterocycles. The zero-order valence-corrected chi connectivity index (χ0v) is 15.0. The van der Waals surface area contributed by atoms with Crippen molar-refractivity contribution in [2.24, 2.45) is 0 Å². The molecule has 0 aromatic heterocycles. The minimum Gasteiger partial charge on any atom is -0.479 e. The van der Waals surface area contributed by atoms with Crippen LogP contribution in [0.4, 0.5) is 11.4 Å². The van der Waals surface area contributed by atoms with E-state index in [1.54, 1.807) is 19.1 Å². The molecule has 0 spiro atoms. The van der Waals surface area contributed by atoms with E-state index in [4.69, 9.17) is 4.74 Å². The smallest absolute Gasteiger partial charge is 0.268 e. The molecule has 2 aromatic rings. The van der Waals surface area contributed by atoms with Gasteiger partial charge in [0.05, 0.1) is 5.69 Å². The Bertz CT molecular complexity index is 807. The summed E-state index contributed by atoms with van der Waals surface area (Å²) in [5.74, 6) is 0.127. The molecule has 0 aliphatic carbocycles. The van der Waals surface area contributed by atoms with E-state index in [1.807, 2.05) is 37.3 Å². The van der Waals surface area contributed by atoms with Crippen LogP contribution < -0.4 is 15.0 Å². The van der Waals surface area contributed by atoms with Gasteiger partial charge in [0.25, 0.3) is 5.91 Å². The highest BCUT2D eigenvalue weighted by atomic mass is 79.9. The third-order valence-electron chi connectivity index (χ3n) is 3.82. The molecule has 0 fully saturated rings. The predicted octanol–water partition coefficient (Wildman–Crippen LogP) is 3.51. The van der Waals surface area contributed by atoms with Crippen LogP contribution in [0.15, 0.2) is 46.9 Å². The molecule has 3 rings (SSSR count). The summed E-state index contributed by atoms with van der Waals surface area (Å²) in [6, 6.07) is 12.8. The number of nitrogens with one attached hydrogen (secondary N) is 1. The maximum atomic E-state index is 12.4. The van der Waals surface area contributed by atoms with Crippen LogP contribution in [0.5, 0.6) is 5.75 Å². The number of anilines is 2. The molecule has 1 atom stereocenters. The highest BCUT2D eigenvalue weighted by Crippen LogP contribution is 2.33. The summed E-state index contributed by atoms with van der Waals surface area (Å²) in [5, 5.41) is 2.83. The number of amides is 2. The summed E-state index contributed by atoms with van der Waals surface area (Å²) in [4.78, 5) is 26.2. The number of aryl methyl sites for hydroxylation is 1. The van der Waals surface area contributed by atoms with E-state index in [0.29, 0.717) is 17.1 Å². The second kappa shape index (κ2) is 6.65. The van der Waals surface area contributed by atoms with Crippen LogP contribution in [-0.2, 0) is 9.59 Å². The zero-order valence-electron chi connectivity index (χ0n) is 13.4. The fourth-order valence-corrected chi connectivity index (χ4v) is 2.84. The molecule has 0 radical (unpaired) electrons. The van der Waals surface area contributed by atoms with E-state index < -0.39 is 6.10 Å². The lowest BCUT2D eigenvalue weighted by Gasteiger charge is -2.32. The monoisotopic (exact) mass is 388 g/mol. The highest BCUT2D eigenvalue weighted by Gasteiger charge is 2.32. The highest BCUT2D eigenvalue weighted by molar-refractivity contribution is 9.10. The number of rotatable bonds is 3. The zero-order chi connectivity index (χ0) is 17.3. The van der Waals surface area contributed by atoms with Gasteiger partial charge in [-0.25, -0.2) is 0 Å². The first-order chi connectivity index (χ1) is 11.5. The molecule has 0 saturated heterocycles. The molecule has 1 N–H and O–H groups in total. The van der Waals surface area contributed by atoms with Crippen molar-refractivity contribution >= 4 is 39.1 Å². The first-order valence-corrected chi connectivity index (χ1v) is 8.38. The van der Waals surface area contributed by atoms with Gasteiger partial charge in [-0.15, -0.1) is 0 Å². The summed E-state index contributed by atoms with van der Waals surface area (Å²) in [7, 11) is 0. The number of carbonyl (C=O) groups is 2. The van der Waals surface area contributed by atoms with Crippen LogP contribution in [0, 0.1) is 6.92 Å². The Hall–Kier alpha value is -2.34. The van der Waals surface area contributed by atoms with E-state index in [-0.39, 0.29) is 18.4 Å². The van der Waals surface area contributed by atoms with Crippen molar-refractivity contribution in [3.8, 4) is 5.75 Å². The van der Waals surface area contributed by atoms with Gasteiger partial charge in [-0.3, -0.25) is 14.5 Å². The Labute approximate surface area is 148 Å². The minimum absolute atomic E-state index is 0.0569. The number of fused-ring (bicyclic) bond motifs is 1. The van der Waals surface area contributed by atoms with Crippen LogP contribution in [0.25, 0.3) is 0 Å². The van der Waals surface area contributed by atoms with Crippen LogP contribution in [-0.4, -0.2) is 24.5 Å². The average molecular weight is 389 g/mol. The largest absolute Gasteiger partial charge is 0.479 e. The van der Waals surface area contributed by atoms with Gasteiger partial charge in [-0.05, 0) is 49.7 Å². The molecule has 1 unspecified atom stereocenters. The van der Waals surface area contributed by atoms with Gasteiger partial charge in [0, 0.05) is 10.2 Å². The van der Waals surface area contributed by atoms with Gasteiger partial charge >= 0.3 is 0 Å². The molecule has 6 heteroatoms. The lowest BCUT2D eigenvalue weighted by Crippen LogP contribution is -2.47. The Morgan fingerprint density at radius 1 is 1.29 bits per heavy atom. The number of carbonyl (C=O) groups excluding carboxylic acids is 2. The molecule has 124 valence electrons. The van der Waals surface area contributed by atoms with E-state index in [0.717, 1.165) is 10.0 Å². The molecular weight excluding hydrogens is 372 g/mol. The number of ether oxygens (including phenoxy) is 1. The van der Waals surface area contributed by atoms with Crippen molar-refractivity contribution in [2.45, 2.75) is 20.0 Å². The van der Waals surface area contributed by atoms with Crippen molar-refractivity contribution in [3.05, 3.63) is 52.5 Å². The van der Waals surface area contributed by atoms with Gasteiger partial charge in [0.1, 0.15) is 12.3 Å². The maximum Gasteiger partial charge on any atom is 0.268 e. The summed E-state index contributed by atoms with van der Waals surface area (Å²) >= 11 is 3.43. The molecule has 0 saturated carbocycles. The van der Waals surface area contributed by atoms with Crippen molar-refractivity contribution in [1.29, 1.82) is 0 Å². The molecule has 1 aliphatic heterocycles. The van der Waals surface area contributed by atoms with Crippen molar-refractivity contribution in [2.75, 3.05) is 16.8 Å². The van der Waals surface area contributed by atoms with Crippen LogP contribution >= 0.6 is 15.9 Å². The second-order valence-corrected chi connectivity index (χ2v) is 6.52. The normalized spacial score (nSPS) is 16.4. The average Bonchev–Trinajstić information content (AvgIpc) is 2.55. The third kappa shape index (κ3) is 3.28. The molecular formula is C18H17BrN2O3. The number of hydrogen-bond acceptors (Lipinski definition) is 3. The number of nitrogens with zero attached hydrogens (tertiary/aromatic N) is 1. The standard InChI is InChI=1S/C18H17BrN2O3/c1-11-9-13(7-8-14(11)19)20-17(22)10-21-15-5-3-4-6-16(15)24-12(2)18(21)23/h3-9,12H,10H2,1-2H3,(H,20,22). The number of halogens is 1. The Morgan fingerprint density at radius 2 is 2.04 bits per heavy atom. The Kier molecular flexibility index (Phi) is 4.57. The van der Waals surface area contributed by atoms with Gasteiger partial charge in [-0.1, -0.05) is 28.1 Å². The molecule has 0 bridgehead atoms. The lowest BCUT2D eigenvalue weighted by atomic mass is 10.2. The number of hydrogen-bond donors (Lipinski definition) is 1. The van der Waals surface area contributed by atoms with E-state index >= 15 is 0 Å². The summed E-state index contributed by atoms with van der Waals surface area (Å²) in [6.07, 6.45) is -0.609. The number of benzene rings is 2. The maximum absolute atomic E-state index is 12.4. The van der Waals surface area contributed by atoms with Gasteiger partial charge in [0.2, 0.25) is 5.91 Å². The third-order valence-corrected chi connectivity index (χ3v) is 4.71. The topological polar surface area (TPSA) is 58.6 Å². The van der Waals surface area contributed by atoms with Gasteiger partial charge in [0.15, 0.2) is 6.10 Å². The van der Waals surface area contributed by atoms with Gasteiger partial charge in [-0.2, -0.15) is 0 Å². The summed E-state index contributed by atoms with van der Waals surface area (Å²) in [6.45, 7) is 3.57. The van der Waals surface area contributed by atoms with E-state index in [9.17, 15) is 9.59 Å². The van der Waals surface area contributed by atoms with Crippen LogP contribution in [0.3, 0.4) is 0 Å². The fourth-order valence-electron chi connectivity index (χ4n) is 2.59. The second-order valence-electron chi connectivity index (χ2n) is 5.66. The molecule has 1 aliphatic rings. The van der Waals surface area contributed by atoms with Gasteiger partial charge < -0.3 is 10.1 Å². The minimum atomic E-state index is -0.609. The van der Waals surface area contributed by atoms with Crippen molar-refractivity contribution in [3.63, 3.8) is 0 Å². The molecule has 2 amide bonds. The van der Waals surface area contributed by atoms with Crippen molar-refractivity contribution < 1.29 is 14.3 Å². The Morgan fingerprint density at radius 3 is 2.79 bits per heavy atom. The summed E-state index contributed by atoms with van der Waals surface area (Å²) in [5.41, 5.74) is 2.33. The van der Waals surface area contributed by atoms with Crippen LogP contribution in [0.1, 0.15) is 12.5 Å². The first kappa shape index (κ1) is 16.5. The van der Waals surface area contributed by atoms with E-state index in [1.165, 1.54) is 4.90 Å². The quantitative estimate of drug-likeness (QED) is 0.874. The van der Waals surface area contributed by atoms with Crippen LogP contribution in [0.2, 0.25) is 0 Å². The number of para-hydroxylation sites is 2. The van der Waals surface area contributed by atoms with E-state index in [2.05, 4.69) is 21.2 Å². The SMILES string of the molecule is Cc1cc(NC(=O)CN2C(=O)C(C)Oc3ccccc32)ccc1Br. The Balaban J connectivity index is 1.78.